The first-order valence-corrected chi connectivity index (χ1v) is 7.10. The number of ether oxygens (including phenoxy) is 1. The van der Waals surface area contributed by atoms with Crippen molar-refractivity contribution in [3.05, 3.63) is 59.2 Å². The number of halogens is 3. The lowest BCUT2D eigenvalue weighted by Crippen LogP contribution is -2.33. The number of aryl methyl sites for hydroxylation is 1. The van der Waals surface area contributed by atoms with Crippen LogP contribution in [-0.4, -0.2) is 12.6 Å². The summed E-state index contributed by atoms with van der Waals surface area (Å²) >= 11 is 0. The van der Waals surface area contributed by atoms with Gasteiger partial charge in [-0.2, -0.15) is 13.2 Å². The fraction of sp³-hybridized carbons (Fsp3) is 0.294. The Labute approximate surface area is 126 Å². The Morgan fingerprint density at radius 1 is 1.18 bits per heavy atom. The van der Waals surface area contributed by atoms with Crippen LogP contribution in [0.2, 0.25) is 0 Å². The predicted octanol–water partition coefficient (Wildman–Crippen LogP) is 4.43. The van der Waals surface area contributed by atoms with E-state index in [2.05, 4.69) is 5.32 Å². The zero-order valence-electron chi connectivity index (χ0n) is 12.1. The maximum Gasteiger partial charge on any atom is 0.416 e. The summed E-state index contributed by atoms with van der Waals surface area (Å²) in [6.07, 6.45) is -4.44. The molecule has 2 aromatic rings. The van der Waals surface area contributed by atoms with Crippen molar-refractivity contribution in [3.8, 4) is 5.75 Å². The first-order valence-electron chi connectivity index (χ1n) is 7.10. The lowest BCUT2D eigenvalue weighted by Gasteiger charge is -2.28. The van der Waals surface area contributed by atoms with E-state index in [9.17, 15) is 13.2 Å². The fourth-order valence-electron chi connectivity index (χ4n) is 2.66. The van der Waals surface area contributed by atoms with E-state index in [0.717, 1.165) is 17.3 Å². The summed E-state index contributed by atoms with van der Waals surface area (Å²) in [5.41, 5.74) is 1.67. The Hall–Kier alpha value is -2.17. The second kappa shape index (κ2) is 5.55. The van der Waals surface area contributed by atoms with Crippen molar-refractivity contribution in [1.82, 2.24) is 0 Å². The van der Waals surface area contributed by atoms with Crippen molar-refractivity contribution in [3.63, 3.8) is 0 Å². The minimum atomic E-state index is -4.34. The number of nitrogens with one attached hydrogen (secondary N) is 1. The molecule has 2 aromatic carbocycles. The van der Waals surface area contributed by atoms with Crippen LogP contribution in [0.15, 0.2) is 42.5 Å². The van der Waals surface area contributed by atoms with Crippen molar-refractivity contribution < 1.29 is 17.9 Å². The van der Waals surface area contributed by atoms with Gasteiger partial charge in [-0.3, -0.25) is 0 Å². The Morgan fingerprint density at radius 2 is 1.95 bits per heavy atom. The molecule has 1 aliphatic rings. The molecule has 1 heterocycles. The minimum Gasteiger partial charge on any atom is -0.486 e. The molecular weight excluding hydrogens is 291 g/mol. The number of anilines is 1. The van der Waals surface area contributed by atoms with Gasteiger partial charge in [-0.05, 0) is 36.2 Å². The lowest BCUT2D eigenvalue weighted by atomic mass is 10.00. The van der Waals surface area contributed by atoms with Crippen LogP contribution >= 0.6 is 0 Å². The van der Waals surface area contributed by atoms with E-state index in [-0.39, 0.29) is 18.1 Å². The van der Waals surface area contributed by atoms with Gasteiger partial charge in [0.25, 0.3) is 0 Å². The quantitative estimate of drug-likeness (QED) is 0.886. The van der Waals surface area contributed by atoms with Crippen LogP contribution < -0.4 is 10.1 Å². The van der Waals surface area contributed by atoms with E-state index in [4.69, 9.17) is 4.74 Å². The number of benzene rings is 2. The topological polar surface area (TPSA) is 21.3 Å². The van der Waals surface area contributed by atoms with Gasteiger partial charge in [-0.1, -0.05) is 24.3 Å². The zero-order chi connectivity index (χ0) is 15.7. The second-order valence-electron chi connectivity index (χ2n) is 5.48. The number of rotatable bonds is 2. The van der Waals surface area contributed by atoms with E-state index in [1.165, 1.54) is 12.1 Å². The standard InChI is InChI=1S/C17H16F3NO/c1-11-6-7-16-15(8-11)21-10-13(22-16)9-12-4-2-3-5-14(12)17(18,19)20/h2-8,13,21H,9-10H2,1H3. The van der Waals surface area contributed by atoms with Crippen molar-refractivity contribution in [1.29, 1.82) is 0 Å². The van der Waals surface area contributed by atoms with Gasteiger partial charge in [-0.25, -0.2) is 0 Å². The lowest BCUT2D eigenvalue weighted by molar-refractivity contribution is -0.138. The molecule has 22 heavy (non-hydrogen) atoms. The van der Waals surface area contributed by atoms with Gasteiger partial charge in [0.1, 0.15) is 11.9 Å². The third-order valence-corrected chi connectivity index (χ3v) is 3.72. The van der Waals surface area contributed by atoms with Crippen LogP contribution in [0, 0.1) is 6.92 Å². The molecule has 0 fully saturated rings. The average molecular weight is 307 g/mol. The number of fused-ring (bicyclic) bond motifs is 1. The van der Waals surface area contributed by atoms with Gasteiger partial charge >= 0.3 is 6.18 Å². The molecule has 5 heteroatoms. The van der Waals surface area contributed by atoms with Gasteiger partial charge in [0.05, 0.1) is 17.8 Å². The zero-order valence-corrected chi connectivity index (χ0v) is 12.1. The Morgan fingerprint density at radius 3 is 2.73 bits per heavy atom. The number of hydrogen-bond donors (Lipinski definition) is 1. The predicted molar refractivity (Wildman–Crippen MR) is 79.2 cm³/mol. The molecule has 0 radical (unpaired) electrons. The summed E-state index contributed by atoms with van der Waals surface area (Å²) in [5, 5.41) is 3.23. The van der Waals surface area contributed by atoms with Crippen molar-refractivity contribution in [2.75, 3.05) is 11.9 Å². The van der Waals surface area contributed by atoms with Crippen molar-refractivity contribution in [2.45, 2.75) is 25.6 Å². The summed E-state index contributed by atoms with van der Waals surface area (Å²) in [7, 11) is 0. The first kappa shape index (κ1) is 14.8. The van der Waals surface area contributed by atoms with Gasteiger partial charge in [0, 0.05) is 6.42 Å². The largest absolute Gasteiger partial charge is 0.486 e. The maximum atomic E-state index is 13.0. The molecule has 1 unspecified atom stereocenters. The van der Waals surface area contributed by atoms with Crippen LogP contribution in [0.5, 0.6) is 5.75 Å². The SMILES string of the molecule is Cc1ccc2c(c1)NCC(Cc1ccccc1C(F)(F)F)O2. The summed E-state index contributed by atoms with van der Waals surface area (Å²) in [6, 6.07) is 11.4. The highest BCUT2D eigenvalue weighted by atomic mass is 19.4. The molecule has 0 aliphatic carbocycles. The fourth-order valence-corrected chi connectivity index (χ4v) is 2.66. The van der Waals surface area contributed by atoms with Crippen LogP contribution in [0.3, 0.4) is 0 Å². The molecule has 1 atom stereocenters. The molecule has 1 N–H and O–H groups in total. The normalized spacial score (nSPS) is 17.4. The van der Waals surface area contributed by atoms with Crippen LogP contribution in [0.4, 0.5) is 18.9 Å². The van der Waals surface area contributed by atoms with E-state index < -0.39 is 11.7 Å². The Kier molecular flexibility index (Phi) is 3.72. The monoisotopic (exact) mass is 307 g/mol. The highest BCUT2D eigenvalue weighted by Crippen LogP contribution is 2.34. The van der Waals surface area contributed by atoms with Gasteiger partial charge < -0.3 is 10.1 Å². The van der Waals surface area contributed by atoms with E-state index >= 15 is 0 Å². The molecular formula is C17H16F3NO. The molecule has 0 bridgehead atoms. The van der Waals surface area contributed by atoms with Crippen LogP contribution in [0.1, 0.15) is 16.7 Å². The summed E-state index contributed by atoms with van der Waals surface area (Å²) in [4.78, 5) is 0. The van der Waals surface area contributed by atoms with Gasteiger partial charge in [0.15, 0.2) is 0 Å². The van der Waals surface area contributed by atoms with Gasteiger partial charge in [-0.15, -0.1) is 0 Å². The molecule has 0 spiro atoms. The van der Waals surface area contributed by atoms with Crippen LogP contribution in [-0.2, 0) is 12.6 Å². The number of alkyl halides is 3. The second-order valence-corrected chi connectivity index (χ2v) is 5.48. The molecule has 0 saturated heterocycles. The van der Waals surface area contributed by atoms with E-state index in [1.807, 2.05) is 25.1 Å². The Balaban J connectivity index is 1.80. The number of hydrogen-bond acceptors (Lipinski definition) is 2. The molecule has 0 aromatic heterocycles. The molecule has 2 nitrogen and oxygen atoms in total. The summed E-state index contributed by atoms with van der Waals surface area (Å²) in [6.45, 7) is 2.47. The van der Waals surface area contributed by atoms with Crippen LogP contribution in [0.25, 0.3) is 0 Å². The van der Waals surface area contributed by atoms with Gasteiger partial charge in [0.2, 0.25) is 0 Å². The molecule has 0 amide bonds. The smallest absolute Gasteiger partial charge is 0.416 e. The maximum absolute atomic E-state index is 13.0. The molecule has 3 rings (SSSR count). The summed E-state index contributed by atoms with van der Waals surface area (Å²) < 4.78 is 44.9. The van der Waals surface area contributed by atoms with E-state index in [1.54, 1.807) is 6.07 Å². The van der Waals surface area contributed by atoms with Crippen molar-refractivity contribution >= 4 is 5.69 Å². The highest BCUT2D eigenvalue weighted by Gasteiger charge is 2.34. The summed E-state index contributed by atoms with van der Waals surface area (Å²) in [5.74, 6) is 0.686. The van der Waals surface area contributed by atoms with Crippen molar-refractivity contribution in [2.24, 2.45) is 0 Å². The minimum absolute atomic E-state index is 0.218. The molecule has 1 aliphatic heterocycles. The Bertz CT molecular complexity index is 682. The average Bonchev–Trinajstić information content (AvgIpc) is 2.47. The first-order chi connectivity index (χ1) is 10.4. The highest BCUT2D eigenvalue weighted by molar-refractivity contribution is 5.59. The third kappa shape index (κ3) is 3.03. The molecule has 116 valence electrons. The third-order valence-electron chi connectivity index (χ3n) is 3.72. The van der Waals surface area contributed by atoms with E-state index in [0.29, 0.717) is 12.3 Å². The molecule has 0 saturated carbocycles.